The Hall–Kier alpha value is -1.89. The number of nitrogens with one attached hydrogen (secondary N) is 1. The molecule has 0 amide bonds. The van der Waals surface area contributed by atoms with Crippen molar-refractivity contribution in [3.05, 3.63) is 29.6 Å². The maximum atomic E-state index is 13.0. The highest BCUT2D eigenvalue weighted by Crippen LogP contribution is 2.34. The zero-order valence-corrected chi connectivity index (χ0v) is 11.5. The first-order chi connectivity index (χ1) is 9.95. The van der Waals surface area contributed by atoms with Gasteiger partial charge in [0, 0.05) is 37.3 Å². The molecule has 2 aromatic heterocycles. The van der Waals surface area contributed by atoms with Gasteiger partial charge in [-0.25, -0.2) is 9.97 Å². The van der Waals surface area contributed by atoms with Crippen LogP contribution in [-0.4, -0.2) is 36.1 Å². The molecule has 7 heteroatoms. The van der Waals surface area contributed by atoms with Crippen molar-refractivity contribution in [1.29, 1.82) is 0 Å². The Morgan fingerprint density at radius 1 is 1.14 bits per heavy atom. The number of halogens is 3. The summed E-state index contributed by atoms with van der Waals surface area (Å²) in [6.45, 7) is 4.59. The predicted octanol–water partition coefficient (Wildman–Crippen LogP) is 2.37. The summed E-state index contributed by atoms with van der Waals surface area (Å²) in [6.07, 6.45) is -4.47. The van der Waals surface area contributed by atoms with E-state index in [0.717, 1.165) is 19.2 Å². The van der Waals surface area contributed by atoms with Crippen LogP contribution in [0.5, 0.6) is 0 Å². The first kappa shape index (κ1) is 14.1. The number of hydrogen-bond donors (Lipinski definition) is 1. The van der Waals surface area contributed by atoms with Crippen LogP contribution in [0.15, 0.2) is 18.2 Å². The zero-order valence-electron chi connectivity index (χ0n) is 11.5. The second-order valence-corrected chi connectivity index (χ2v) is 5.09. The van der Waals surface area contributed by atoms with Crippen molar-refractivity contribution >= 4 is 16.7 Å². The van der Waals surface area contributed by atoms with Crippen LogP contribution in [0.2, 0.25) is 0 Å². The molecule has 0 spiro atoms. The van der Waals surface area contributed by atoms with Crippen LogP contribution in [0.1, 0.15) is 11.4 Å². The quantitative estimate of drug-likeness (QED) is 0.877. The monoisotopic (exact) mass is 296 g/mol. The fourth-order valence-electron chi connectivity index (χ4n) is 2.49. The number of anilines is 1. The van der Waals surface area contributed by atoms with Gasteiger partial charge in [0.2, 0.25) is 0 Å². The number of aryl methyl sites for hydroxylation is 1. The van der Waals surface area contributed by atoms with E-state index in [1.54, 1.807) is 19.1 Å². The average molecular weight is 296 g/mol. The van der Waals surface area contributed by atoms with E-state index in [9.17, 15) is 13.2 Å². The van der Waals surface area contributed by atoms with E-state index in [4.69, 9.17) is 0 Å². The molecule has 0 aromatic carbocycles. The Kier molecular flexibility index (Phi) is 3.44. The maximum absolute atomic E-state index is 13.0. The van der Waals surface area contributed by atoms with Crippen LogP contribution < -0.4 is 10.2 Å². The number of hydrogen-bond acceptors (Lipinski definition) is 4. The van der Waals surface area contributed by atoms with Gasteiger partial charge in [0.1, 0.15) is 5.69 Å². The predicted molar refractivity (Wildman–Crippen MR) is 74.4 cm³/mol. The normalized spacial score (nSPS) is 16.5. The second-order valence-electron chi connectivity index (χ2n) is 5.09. The van der Waals surface area contributed by atoms with Crippen molar-refractivity contribution in [3.63, 3.8) is 0 Å². The molecule has 0 unspecified atom stereocenters. The van der Waals surface area contributed by atoms with Gasteiger partial charge in [0.25, 0.3) is 0 Å². The molecule has 2 aromatic rings. The molecule has 1 aliphatic heterocycles. The number of pyridine rings is 2. The number of rotatable bonds is 1. The topological polar surface area (TPSA) is 41.0 Å². The lowest BCUT2D eigenvalue weighted by atomic mass is 10.1. The fourth-order valence-corrected chi connectivity index (χ4v) is 2.49. The second kappa shape index (κ2) is 5.14. The molecule has 1 saturated heterocycles. The average Bonchev–Trinajstić information content (AvgIpc) is 2.45. The minimum Gasteiger partial charge on any atom is -0.368 e. The lowest BCUT2D eigenvalue weighted by Gasteiger charge is -2.30. The molecule has 0 bridgehead atoms. The third-order valence-corrected chi connectivity index (χ3v) is 3.54. The molecule has 112 valence electrons. The maximum Gasteiger partial charge on any atom is 0.433 e. The Labute approximate surface area is 120 Å². The number of aromatic nitrogens is 2. The molecule has 0 atom stereocenters. The third-order valence-electron chi connectivity index (χ3n) is 3.54. The van der Waals surface area contributed by atoms with Gasteiger partial charge in [0.15, 0.2) is 5.65 Å². The standard InChI is InChI=1S/C14H15F3N4/c1-9-2-3-10-11(21-6-4-18-5-7-21)8-12(14(15,16)17)20-13(10)19-9/h2-3,8,18H,4-7H2,1H3. The van der Waals surface area contributed by atoms with Gasteiger partial charge in [-0.15, -0.1) is 0 Å². The van der Waals surface area contributed by atoms with Crippen LogP contribution in [0.3, 0.4) is 0 Å². The summed E-state index contributed by atoms with van der Waals surface area (Å²) in [5.74, 6) is 0. The molecule has 0 radical (unpaired) electrons. The van der Waals surface area contributed by atoms with Crippen molar-refractivity contribution in [2.75, 3.05) is 31.1 Å². The van der Waals surface area contributed by atoms with Crippen molar-refractivity contribution in [3.8, 4) is 0 Å². The van der Waals surface area contributed by atoms with Crippen molar-refractivity contribution in [2.45, 2.75) is 13.1 Å². The van der Waals surface area contributed by atoms with Crippen LogP contribution in [0, 0.1) is 6.92 Å². The summed E-state index contributed by atoms with van der Waals surface area (Å²) in [4.78, 5) is 9.79. The SMILES string of the molecule is Cc1ccc2c(N3CCNCC3)cc(C(F)(F)F)nc2n1. The van der Waals surface area contributed by atoms with Gasteiger partial charge >= 0.3 is 6.18 Å². The van der Waals surface area contributed by atoms with Crippen molar-refractivity contribution in [1.82, 2.24) is 15.3 Å². The first-order valence-corrected chi connectivity index (χ1v) is 6.76. The third kappa shape index (κ3) is 2.78. The van der Waals surface area contributed by atoms with Gasteiger partial charge in [0.05, 0.1) is 5.69 Å². The molecular formula is C14H15F3N4. The molecule has 3 heterocycles. The van der Waals surface area contributed by atoms with E-state index in [1.165, 1.54) is 0 Å². The van der Waals surface area contributed by atoms with E-state index < -0.39 is 11.9 Å². The molecule has 21 heavy (non-hydrogen) atoms. The highest BCUT2D eigenvalue weighted by molar-refractivity contribution is 5.90. The van der Waals surface area contributed by atoms with E-state index in [2.05, 4.69) is 15.3 Å². The molecule has 0 aliphatic carbocycles. The summed E-state index contributed by atoms with van der Waals surface area (Å²) < 4.78 is 39.1. The fraction of sp³-hybridized carbons (Fsp3) is 0.429. The molecule has 4 nitrogen and oxygen atoms in total. The summed E-state index contributed by atoms with van der Waals surface area (Å²) in [5, 5.41) is 3.85. The minimum atomic E-state index is -4.47. The molecular weight excluding hydrogens is 281 g/mol. The number of alkyl halides is 3. The Balaban J connectivity index is 2.19. The number of piperazine rings is 1. The summed E-state index contributed by atoms with van der Waals surface area (Å²) in [6, 6.07) is 4.72. The summed E-state index contributed by atoms with van der Waals surface area (Å²) in [5.41, 5.74) is 0.474. The van der Waals surface area contributed by atoms with E-state index in [-0.39, 0.29) is 5.65 Å². The highest BCUT2D eigenvalue weighted by atomic mass is 19.4. The molecule has 0 saturated carbocycles. The molecule has 1 fully saturated rings. The van der Waals surface area contributed by atoms with Gasteiger partial charge in [-0.3, -0.25) is 0 Å². The van der Waals surface area contributed by atoms with Crippen LogP contribution in [-0.2, 0) is 6.18 Å². The Morgan fingerprint density at radius 3 is 2.52 bits per heavy atom. The van der Waals surface area contributed by atoms with Gasteiger partial charge in [-0.2, -0.15) is 13.2 Å². The van der Waals surface area contributed by atoms with Gasteiger partial charge in [-0.05, 0) is 25.1 Å². The minimum absolute atomic E-state index is 0.151. The first-order valence-electron chi connectivity index (χ1n) is 6.76. The van der Waals surface area contributed by atoms with E-state index in [1.807, 2.05) is 4.90 Å². The smallest absolute Gasteiger partial charge is 0.368 e. The lowest BCUT2D eigenvalue weighted by molar-refractivity contribution is -0.140. The summed E-state index contributed by atoms with van der Waals surface area (Å²) >= 11 is 0. The van der Waals surface area contributed by atoms with Crippen LogP contribution >= 0.6 is 0 Å². The number of nitrogens with zero attached hydrogens (tertiary/aromatic N) is 3. The van der Waals surface area contributed by atoms with Crippen molar-refractivity contribution < 1.29 is 13.2 Å². The van der Waals surface area contributed by atoms with Gasteiger partial charge in [-0.1, -0.05) is 0 Å². The lowest BCUT2D eigenvalue weighted by Crippen LogP contribution is -2.43. The zero-order chi connectivity index (χ0) is 15.0. The van der Waals surface area contributed by atoms with E-state index >= 15 is 0 Å². The molecule has 1 aliphatic rings. The van der Waals surface area contributed by atoms with E-state index in [0.29, 0.717) is 29.9 Å². The molecule has 1 N–H and O–H groups in total. The number of fused-ring (bicyclic) bond motifs is 1. The van der Waals surface area contributed by atoms with Gasteiger partial charge < -0.3 is 10.2 Å². The van der Waals surface area contributed by atoms with Crippen LogP contribution in [0.4, 0.5) is 18.9 Å². The Morgan fingerprint density at radius 2 is 1.86 bits per heavy atom. The largest absolute Gasteiger partial charge is 0.433 e. The van der Waals surface area contributed by atoms with Crippen molar-refractivity contribution in [2.24, 2.45) is 0 Å². The van der Waals surface area contributed by atoms with Crippen LogP contribution in [0.25, 0.3) is 11.0 Å². The molecule has 3 rings (SSSR count). The Bertz CT molecular complexity index is 663. The summed E-state index contributed by atoms with van der Waals surface area (Å²) in [7, 11) is 0. The highest BCUT2D eigenvalue weighted by Gasteiger charge is 2.34.